The van der Waals surface area contributed by atoms with E-state index in [0.717, 1.165) is 18.1 Å². The smallest absolute Gasteiger partial charge is 0.146 e. The molecule has 0 aromatic carbocycles. The Morgan fingerprint density at radius 3 is 2.93 bits per heavy atom. The van der Waals surface area contributed by atoms with Crippen LogP contribution in [0.1, 0.15) is 18.4 Å². The number of aryl methyl sites for hydroxylation is 1. The minimum atomic E-state index is 0.438. The molecule has 2 aromatic heterocycles. The summed E-state index contributed by atoms with van der Waals surface area (Å²) in [5.41, 5.74) is 0.874. The van der Waals surface area contributed by atoms with Crippen molar-refractivity contribution in [1.29, 1.82) is 0 Å². The maximum Gasteiger partial charge on any atom is 0.146 e. The van der Waals surface area contributed by atoms with E-state index in [1.807, 2.05) is 22.4 Å². The summed E-state index contributed by atoms with van der Waals surface area (Å²) in [6.07, 6.45) is 5.24. The molecule has 0 aliphatic heterocycles. The van der Waals surface area contributed by atoms with Gasteiger partial charge in [-0.1, -0.05) is 0 Å². The molecule has 2 rings (SSSR count). The number of nitrogens with zero attached hydrogens (tertiary/aromatic N) is 5. The SMILES string of the molecule is CCn1ncnc1Cn1cnc(CCl)c1. The molecule has 0 bridgehead atoms. The number of imidazole rings is 1. The van der Waals surface area contributed by atoms with Crippen molar-refractivity contribution in [1.82, 2.24) is 24.3 Å². The summed E-state index contributed by atoms with van der Waals surface area (Å²) in [4.78, 5) is 8.33. The maximum absolute atomic E-state index is 5.67. The second-order valence-electron chi connectivity index (χ2n) is 3.16. The molecule has 0 unspecified atom stereocenters. The Morgan fingerprint density at radius 2 is 2.27 bits per heavy atom. The molecule has 2 aromatic rings. The van der Waals surface area contributed by atoms with Crippen LogP contribution in [0, 0.1) is 0 Å². The van der Waals surface area contributed by atoms with Gasteiger partial charge < -0.3 is 4.57 Å². The van der Waals surface area contributed by atoms with E-state index in [-0.39, 0.29) is 0 Å². The van der Waals surface area contributed by atoms with Crippen molar-refractivity contribution in [2.45, 2.75) is 25.9 Å². The molecular formula is C9H12ClN5. The van der Waals surface area contributed by atoms with E-state index >= 15 is 0 Å². The normalized spacial score (nSPS) is 10.8. The monoisotopic (exact) mass is 225 g/mol. The predicted octanol–water partition coefficient (Wildman–Crippen LogP) is 1.28. The summed E-state index contributed by atoms with van der Waals surface area (Å²) in [5, 5.41) is 4.10. The average molecular weight is 226 g/mol. The molecule has 2 heterocycles. The van der Waals surface area contributed by atoms with Gasteiger partial charge in [-0.15, -0.1) is 11.6 Å². The van der Waals surface area contributed by atoms with Crippen LogP contribution in [-0.4, -0.2) is 24.3 Å². The quantitative estimate of drug-likeness (QED) is 0.737. The van der Waals surface area contributed by atoms with E-state index in [1.165, 1.54) is 0 Å². The lowest BCUT2D eigenvalue weighted by Crippen LogP contribution is -2.07. The molecule has 0 aliphatic carbocycles. The molecule has 0 aliphatic rings. The number of hydrogen-bond acceptors (Lipinski definition) is 3. The van der Waals surface area contributed by atoms with Gasteiger partial charge in [0, 0.05) is 12.7 Å². The summed E-state index contributed by atoms with van der Waals surface area (Å²) in [5.74, 6) is 1.36. The van der Waals surface area contributed by atoms with Crippen LogP contribution in [0.3, 0.4) is 0 Å². The fourth-order valence-electron chi connectivity index (χ4n) is 1.40. The van der Waals surface area contributed by atoms with Crippen molar-refractivity contribution in [2.24, 2.45) is 0 Å². The van der Waals surface area contributed by atoms with Gasteiger partial charge >= 0.3 is 0 Å². The van der Waals surface area contributed by atoms with Crippen molar-refractivity contribution in [3.63, 3.8) is 0 Å². The van der Waals surface area contributed by atoms with Gasteiger partial charge in [0.15, 0.2) is 0 Å². The standard InChI is InChI=1S/C9H12ClN5/c1-2-15-9(11-6-13-15)5-14-4-8(3-10)12-7-14/h4,6-7H,2-3,5H2,1H3. The second-order valence-corrected chi connectivity index (χ2v) is 3.43. The number of alkyl halides is 1. The van der Waals surface area contributed by atoms with E-state index < -0.39 is 0 Å². The molecule has 0 radical (unpaired) electrons. The summed E-state index contributed by atoms with van der Waals surface area (Å²) in [6, 6.07) is 0. The molecule has 6 heteroatoms. The van der Waals surface area contributed by atoms with E-state index in [1.54, 1.807) is 12.7 Å². The first-order valence-corrected chi connectivity index (χ1v) is 5.30. The molecule has 0 amide bonds. The summed E-state index contributed by atoms with van der Waals surface area (Å²) in [7, 11) is 0. The van der Waals surface area contributed by atoms with Crippen LogP contribution in [0.25, 0.3) is 0 Å². The van der Waals surface area contributed by atoms with Crippen LogP contribution < -0.4 is 0 Å². The first-order valence-electron chi connectivity index (χ1n) is 4.76. The number of halogens is 1. The highest BCUT2D eigenvalue weighted by atomic mass is 35.5. The molecule has 0 spiro atoms. The van der Waals surface area contributed by atoms with Crippen molar-refractivity contribution in [3.8, 4) is 0 Å². The largest absolute Gasteiger partial charge is 0.330 e. The summed E-state index contributed by atoms with van der Waals surface area (Å²) in [6.45, 7) is 3.54. The summed E-state index contributed by atoms with van der Waals surface area (Å²) >= 11 is 5.67. The summed E-state index contributed by atoms with van der Waals surface area (Å²) < 4.78 is 3.81. The molecule has 0 atom stereocenters. The Hall–Kier alpha value is -1.36. The van der Waals surface area contributed by atoms with Gasteiger partial charge in [0.2, 0.25) is 0 Å². The van der Waals surface area contributed by atoms with Crippen LogP contribution in [-0.2, 0) is 19.0 Å². The zero-order chi connectivity index (χ0) is 10.7. The van der Waals surface area contributed by atoms with E-state index in [2.05, 4.69) is 15.1 Å². The van der Waals surface area contributed by atoms with Crippen LogP contribution >= 0.6 is 11.6 Å². The van der Waals surface area contributed by atoms with Crippen molar-refractivity contribution < 1.29 is 0 Å². The third-order valence-corrected chi connectivity index (χ3v) is 2.42. The highest BCUT2D eigenvalue weighted by molar-refractivity contribution is 6.16. The van der Waals surface area contributed by atoms with Crippen molar-refractivity contribution in [2.75, 3.05) is 0 Å². The van der Waals surface area contributed by atoms with Crippen molar-refractivity contribution in [3.05, 3.63) is 30.4 Å². The first-order chi connectivity index (χ1) is 7.33. The lowest BCUT2D eigenvalue weighted by molar-refractivity contribution is 0.591. The Balaban J connectivity index is 2.14. The van der Waals surface area contributed by atoms with Gasteiger partial charge in [-0.25, -0.2) is 14.6 Å². The van der Waals surface area contributed by atoms with Gasteiger partial charge in [0.25, 0.3) is 0 Å². The first kappa shape index (κ1) is 10.2. The highest BCUT2D eigenvalue weighted by Crippen LogP contribution is 2.03. The topological polar surface area (TPSA) is 48.5 Å². The van der Waals surface area contributed by atoms with Crippen molar-refractivity contribution >= 4 is 11.6 Å². The Kier molecular flexibility index (Phi) is 3.01. The van der Waals surface area contributed by atoms with Crippen LogP contribution in [0.4, 0.5) is 0 Å². The second kappa shape index (κ2) is 4.44. The fourth-order valence-corrected chi connectivity index (χ4v) is 1.54. The molecule has 80 valence electrons. The van der Waals surface area contributed by atoms with Gasteiger partial charge in [0.05, 0.1) is 24.4 Å². The Labute approximate surface area is 92.7 Å². The third-order valence-electron chi connectivity index (χ3n) is 2.14. The van der Waals surface area contributed by atoms with Gasteiger partial charge in [0.1, 0.15) is 12.2 Å². The number of hydrogen-bond donors (Lipinski definition) is 0. The molecule has 0 saturated heterocycles. The molecule has 0 fully saturated rings. The van der Waals surface area contributed by atoms with Crippen LogP contribution in [0.5, 0.6) is 0 Å². The van der Waals surface area contributed by atoms with E-state index in [0.29, 0.717) is 12.4 Å². The molecule has 0 N–H and O–H groups in total. The van der Waals surface area contributed by atoms with Crippen LogP contribution in [0.15, 0.2) is 18.9 Å². The van der Waals surface area contributed by atoms with Gasteiger partial charge in [-0.05, 0) is 6.92 Å². The zero-order valence-electron chi connectivity index (χ0n) is 8.47. The minimum absolute atomic E-state index is 0.438. The lowest BCUT2D eigenvalue weighted by Gasteiger charge is -2.02. The molecule has 15 heavy (non-hydrogen) atoms. The van der Waals surface area contributed by atoms with E-state index in [4.69, 9.17) is 11.6 Å². The molecule has 5 nitrogen and oxygen atoms in total. The lowest BCUT2D eigenvalue weighted by atomic mass is 10.5. The average Bonchev–Trinajstić information content (AvgIpc) is 2.87. The van der Waals surface area contributed by atoms with Crippen LogP contribution in [0.2, 0.25) is 0 Å². The zero-order valence-corrected chi connectivity index (χ0v) is 9.22. The maximum atomic E-state index is 5.67. The highest BCUT2D eigenvalue weighted by Gasteiger charge is 2.04. The fraction of sp³-hybridized carbons (Fsp3) is 0.444. The Morgan fingerprint density at radius 1 is 1.40 bits per heavy atom. The predicted molar refractivity (Wildman–Crippen MR) is 56.6 cm³/mol. The molecular weight excluding hydrogens is 214 g/mol. The number of rotatable bonds is 4. The third kappa shape index (κ3) is 2.18. The Bertz CT molecular complexity index is 433. The van der Waals surface area contributed by atoms with Gasteiger partial charge in [-0.3, -0.25) is 0 Å². The van der Waals surface area contributed by atoms with Gasteiger partial charge in [-0.2, -0.15) is 5.10 Å². The minimum Gasteiger partial charge on any atom is -0.330 e. The molecule has 0 saturated carbocycles. The van der Waals surface area contributed by atoms with E-state index in [9.17, 15) is 0 Å². The number of aromatic nitrogens is 5.